The standard InChI is InChI=1S/C47H35NO/c1-30-12-11-19-40-36-25-22-32(28-41(36)35-15-5-6-18-39(35)47(30)40)34-24-23-33(46-27-26-45(49-46)31-13-3-2-4-14-31)29-44(34)48-42-20-9-7-16-37(42)38-17-8-10-21-43(38)48/h2-11,13-30,34,44H,12H2,1H3. The number of hydrogen-bond acceptors (Lipinski definition) is 1. The number of nitrogens with zero attached hydrogens (tertiary/aromatic N) is 1. The molecular weight excluding hydrogens is 595 g/mol. The molecule has 0 spiro atoms. The molecule has 2 heterocycles. The van der Waals surface area contributed by atoms with Crippen LogP contribution in [-0.4, -0.2) is 4.57 Å². The highest BCUT2D eigenvalue weighted by Crippen LogP contribution is 2.46. The van der Waals surface area contributed by atoms with Crippen LogP contribution < -0.4 is 0 Å². The van der Waals surface area contributed by atoms with E-state index in [1.807, 2.05) is 6.07 Å². The van der Waals surface area contributed by atoms with Crippen LogP contribution in [0.25, 0.3) is 66.3 Å². The molecule has 0 aliphatic heterocycles. The molecule has 10 rings (SSSR count). The Morgan fingerprint density at radius 2 is 1.27 bits per heavy atom. The quantitative estimate of drug-likeness (QED) is 0.177. The number of para-hydroxylation sites is 2. The molecule has 2 aromatic heterocycles. The summed E-state index contributed by atoms with van der Waals surface area (Å²) in [4.78, 5) is 0. The van der Waals surface area contributed by atoms with E-state index in [1.54, 1.807) is 0 Å². The fraction of sp³-hybridized carbons (Fsp3) is 0.106. The van der Waals surface area contributed by atoms with Gasteiger partial charge in [0.2, 0.25) is 0 Å². The first-order valence-corrected chi connectivity index (χ1v) is 17.4. The summed E-state index contributed by atoms with van der Waals surface area (Å²) in [6.07, 6.45) is 12.9. The maximum atomic E-state index is 6.52. The van der Waals surface area contributed by atoms with Crippen molar-refractivity contribution in [3.8, 4) is 11.3 Å². The minimum absolute atomic E-state index is 0.0244. The number of aromatic nitrogens is 1. The molecule has 2 nitrogen and oxygen atoms in total. The smallest absolute Gasteiger partial charge is 0.134 e. The molecular formula is C47H35NO. The molecule has 0 N–H and O–H groups in total. The predicted octanol–water partition coefficient (Wildman–Crippen LogP) is 12.9. The molecule has 0 bridgehead atoms. The Labute approximate surface area is 285 Å². The second kappa shape index (κ2) is 11.1. The summed E-state index contributed by atoms with van der Waals surface area (Å²) in [6, 6.07) is 48.5. The molecule has 0 fully saturated rings. The average Bonchev–Trinajstić information content (AvgIpc) is 3.79. The molecule has 6 aromatic carbocycles. The van der Waals surface area contributed by atoms with E-state index in [9.17, 15) is 0 Å². The SMILES string of the molecule is CC1CC=Cc2c1c1ccccc1c1cc(C3C=CC(c4ccc(-c5ccccc5)o4)=CC3n3c4ccccc4c4ccccc43)ccc21. The van der Waals surface area contributed by atoms with Gasteiger partial charge in [-0.2, -0.15) is 0 Å². The van der Waals surface area contributed by atoms with Gasteiger partial charge in [-0.15, -0.1) is 0 Å². The highest BCUT2D eigenvalue weighted by molar-refractivity contribution is 6.13. The topological polar surface area (TPSA) is 18.1 Å². The summed E-state index contributed by atoms with van der Waals surface area (Å²) in [5.74, 6) is 2.38. The average molecular weight is 630 g/mol. The number of rotatable bonds is 4. The fourth-order valence-electron chi connectivity index (χ4n) is 8.58. The van der Waals surface area contributed by atoms with Crippen molar-refractivity contribution in [2.24, 2.45) is 0 Å². The number of allylic oxidation sites excluding steroid dienone is 5. The van der Waals surface area contributed by atoms with Crippen LogP contribution in [0, 0.1) is 0 Å². The molecule has 0 amide bonds. The fourth-order valence-corrected chi connectivity index (χ4v) is 8.58. The lowest BCUT2D eigenvalue weighted by Gasteiger charge is -2.30. The number of hydrogen-bond donors (Lipinski definition) is 0. The normalized spacial score (nSPS) is 18.8. The van der Waals surface area contributed by atoms with Crippen molar-refractivity contribution in [2.75, 3.05) is 0 Å². The molecule has 2 aliphatic rings. The van der Waals surface area contributed by atoms with Crippen molar-refractivity contribution >= 4 is 55.0 Å². The van der Waals surface area contributed by atoms with Gasteiger partial charge in [-0.05, 0) is 87.0 Å². The van der Waals surface area contributed by atoms with Gasteiger partial charge in [0.25, 0.3) is 0 Å². The largest absolute Gasteiger partial charge is 0.456 e. The van der Waals surface area contributed by atoms with E-state index >= 15 is 0 Å². The Balaban J connectivity index is 1.19. The van der Waals surface area contributed by atoms with Crippen LogP contribution in [0.5, 0.6) is 0 Å². The maximum absolute atomic E-state index is 6.52. The predicted molar refractivity (Wildman–Crippen MR) is 206 cm³/mol. The lowest BCUT2D eigenvalue weighted by Crippen LogP contribution is -2.17. The molecule has 3 unspecified atom stereocenters. The van der Waals surface area contributed by atoms with Crippen LogP contribution in [0.15, 0.2) is 162 Å². The molecule has 2 heteroatoms. The van der Waals surface area contributed by atoms with Crippen molar-refractivity contribution in [1.29, 1.82) is 0 Å². The Morgan fingerprint density at radius 1 is 0.592 bits per heavy atom. The van der Waals surface area contributed by atoms with Gasteiger partial charge in [-0.3, -0.25) is 0 Å². The zero-order valence-corrected chi connectivity index (χ0v) is 27.4. The zero-order chi connectivity index (χ0) is 32.5. The lowest BCUT2D eigenvalue weighted by molar-refractivity contribution is 0.556. The first-order chi connectivity index (χ1) is 24.2. The minimum atomic E-state index is 0.0244. The van der Waals surface area contributed by atoms with Crippen molar-refractivity contribution in [3.63, 3.8) is 0 Å². The van der Waals surface area contributed by atoms with Crippen LogP contribution in [0.3, 0.4) is 0 Å². The van der Waals surface area contributed by atoms with Gasteiger partial charge in [-0.1, -0.05) is 134 Å². The first kappa shape index (κ1) is 28.2. The molecule has 8 aromatic rings. The molecule has 2 aliphatic carbocycles. The Morgan fingerprint density at radius 3 is 2.04 bits per heavy atom. The maximum Gasteiger partial charge on any atom is 0.134 e. The van der Waals surface area contributed by atoms with Gasteiger partial charge in [0, 0.05) is 38.9 Å². The third kappa shape index (κ3) is 4.41. The monoisotopic (exact) mass is 629 g/mol. The van der Waals surface area contributed by atoms with Gasteiger partial charge >= 0.3 is 0 Å². The summed E-state index contributed by atoms with van der Waals surface area (Å²) in [7, 11) is 0. The van der Waals surface area contributed by atoms with Crippen LogP contribution in [0.1, 0.15) is 53.7 Å². The van der Waals surface area contributed by atoms with Gasteiger partial charge in [-0.25, -0.2) is 0 Å². The molecule has 49 heavy (non-hydrogen) atoms. The molecule has 234 valence electrons. The van der Waals surface area contributed by atoms with E-state index in [0.717, 1.165) is 29.1 Å². The minimum Gasteiger partial charge on any atom is -0.456 e. The summed E-state index contributed by atoms with van der Waals surface area (Å²) in [6.45, 7) is 2.36. The van der Waals surface area contributed by atoms with Crippen molar-refractivity contribution in [1.82, 2.24) is 4.57 Å². The third-order valence-electron chi connectivity index (χ3n) is 10.8. The van der Waals surface area contributed by atoms with Crippen LogP contribution >= 0.6 is 0 Å². The van der Waals surface area contributed by atoms with E-state index < -0.39 is 0 Å². The number of fused-ring (bicyclic) bond motifs is 9. The molecule has 0 saturated heterocycles. The van der Waals surface area contributed by atoms with Gasteiger partial charge in [0.15, 0.2) is 0 Å². The summed E-state index contributed by atoms with van der Waals surface area (Å²) in [5, 5.41) is 7.95. The molecule has 0 saturated carbocycles. The summed E-state index contributed by atoms with van der Waals surface area (Å²) >= 11 is 0. The van der Waals surface area contributed by atoms with Crippen molar-refractivity contribution in [2.45, 2.75) is 31.2 Å². The van der Waals surface area contributed by atoms with E-state index in [2.05, 4.69) is 169 Å². The number of furan rings is 1. The van der Waals surface area contributed by atoms with E-state index in [-0.39, 0.29) is 12.0 Å². The van der Waals surface area contributed by atoms with Gasteiger partial charge in [0.1, 0.15) is 11.5 Å². The van der Waals surface area contributed by atoms with Crippen LogP contribution in [-0.2, 0) is 0 Å². The Hall–Kier alpha value is -5.86. The lowest BCUT2D eigenvalue weighted by atomic mass is 9.79. The highest BCUT2D eigenvalue weighted by atomic mass is 16.3. The zero-order valence-electron chi connectivity index (χ0n) is 27.4. The second-order valence-corrected chi connectivity index (χ2v) is 13.6. The molecule has 0 radical (unpaired) electrons. The van der Waals surface area contributed by atoms with Crippen molar-refractivity contribution < 1.29 is 4.42 Å². The van der Waals surface area contributed by atoms with Crippen LogP contribution in [0.2, 0.25) is 0 Å². The second-order valence-electron chi connectivity index (χ2n) is 13.6. The van der Waals surface area contributed by atoms with E-state index in [0.29, 0.717) is 5.92 Å². The first-order valence-electron chi connectivity index (χ1n) is 17.4. The van der Waals surface area contributed by atoms with E-state index in [4.69, 9.17) is 4.42 Å². The van der Waals surface area contributed by atoms with Gasteiger partial charge in [0.05, 0.1) is 6.04 Å². The Kier molecular flexibility index (Phi) is 6.39. The third-order valence-corrected chi connectivity index (χ3v) is 10.8. The van der Waals surface area contributed by atoms with Crippen LogP contribution in [0.4, 0.5) is 0 Å². The highest BCUT2D eigenvalue weighted by Gasteiger charge is 2.29. The number of benzene rings is 6. The summed E-state index contributed by atoms with van der Waals surface area (Å²) < 4.78 is 9.08. The van der Waals surface area contributed by atoms with Gasteiger partial charge < -0.3 is 8.98 Å². The van der Waals surface area contributed by atoms with Crippen molar-refractivity contribution in [3.05, 3.63) is 180 Å². The Bertz CT molecular complexity index is 2610. The summed E-state index contributed by atoms with van der Waals surface area (Å²) in [5.41, 5.74) is 8.85. The van der Waals surface area contributed by atoms with E-state index in [1.165, 1.54) is 60.0 Å². The molecule has 3 atom stereocenters.